The summed E-state index contributed by atoms with van der Waals surface area (Å²) in [4.78, 5) is 25.4. The Morgan fingerprint density at radius 2 is 1.96 bits per heavy atom. The number of carbonyl (C=O) groups is 2. The summed E-state index contributed by atoms with van der Waals surface area (Å²) in [6, 6.07) is 13.3. The van der Waals surface area contributed by atoms with Crippen LogP contribution in [0.2, 0.25) is 0 Å². The van der Waals surface area contributed by atoms with Crippen LogP contribution in [-0.2, 0) is 11.8 Å². The molecular formula is C18H23N4O2+. The van der Waals surface area contributed by atoms with Crippen molar-refractivity contribution in [2.45, 2.75) is 18.9 Å². The largest absolute Gasteiger partial charge is 0.350 e. The Bertz CT molecular complexity index is 711. The lowest BCUT2D eigenvalue weighted by Crippen LogP contribution is -3.11. The highest BCUT2D eigenvalue weighted by Crippen LogP contribution is 2.18. The van der Waals surface area contributed by atoms with Gasteiger partial charge in [-0.25, -0.2) is 0 Å². The highest BCUT2D eigenvalue weighted by Gasteiger charge is 2.32. The van der Waals surface area contributed by atoms with Crippen LogP contribution in [0, 0.1) is 0 Å². The van der Waals surface area contributed by atoms with Crippen molar-refractivity contribution in [3.8, 4) is 0 Å². The van der Waals surface area contributed by atoms with Gasteiger partial charge in [0, 0.05) is 31.6 Å². The Kier molecular flexibility index (Phi) is 4.96. The Morgan fingerprint density at radius 1 is 1.17 bits per heavy atom. The lowest BCUT2D eigenvalue weighted by atomic mass is 10.1. The van der Waals surface area contributed by atoms with Crippen molar-refractivity contribution in [1.82, 2.24) is 15.4 Å². The highest BCUT2D eigenvalue weighted by atomic mass is 16.2. The first kappa shape index (κ1) is 16.3. The maximum absolute atomic E-state index is 12.2. The molecule has 1 fully saturated rings. The zero-order valence-electron chi connectivity index (χ0n) is 13.8. The zero-order chi connectivity index (χ0) is 16.9. The molecule has 1 unspecified atom stereocenters. The molecule has 24 heavy (non-hydrogen) atoms. The molecular weight excluding hydrogens is 304 g/mol. The van der Waals surface area contributed by atoms with Crippen LogP contribution in [-0.4, -0.2) is 29.5 Å². The first-order chi connectivity index (χ1) is 11.6. The van der Waals surface area contributed by atoms with E-state index in [0.717, 1.165) is 19.4 Å². The number of likely N-dealkylation sites (tertiary alicyclic amines) is 1. The molecule has 0 bridgehead atoms. The topological polar surface area (TPSA) is 67.6 Å². The molecule has 0 aliphatic carbocycles. The third kappa shape index (κ3) is 3.65. The molecule has 2 heterocycles. The molecule has 1 aromatic carbocycles. The number of nitrogens with one attached hydrogen (secondary N) is 3. The van der Waals surface area contributed by atoms with Gasteiger partial charge in [-0.1, -0.05) is 18.2 Å². The smallest absolute Gasteiger partial charge is 0.293 e. The number of quaternary nitrogens is 1. The molecule has 2 aromatic rings. The minimum Gasteiger partial charge on any atom is -0.350 e. The van der Waals surface area contributed by atoms with Crippen LogP contribution >= 0.6 is 0 Å². The van der Waals surface area contributed by atoms with E-state index >= 15 is 0 Å². The quantitative estimate of drug-likeness (QED) is 0.703. The highest BCUT2D eigenvalue weighted by molar-refractivity contribution is 5.95. The van der Waals surface area contributed by atoms with Crippen LogP contribution in [0.15, 0.2) is 48.7 Å². The van der Waals surface area contributed by atoms with Gasteiger partial charge in [0.1, 0.15) is 6.04 Å². The number of amides is 2. The minimum absolute atomic E-state index is 0.171. The molecule has 1 aromatic heterocycles. The second-order valence-corrected chi connectivity index (χ2v) is 6.19. The van der Waals surface area contributed by atoms with Crippen molar-refractivity contribution in [3.63, 3.8) is 0 Å². The molecule has 1 saturated heterocycles. The molecule has 3 rings (SSSR count). The molecule has 6 heteroatoms. The number of hydrogen-bond donors (Lipinski definition) is 3. The van der Waals surface area contributed by atoms with E-state index in [4.69, 9.17) is 0 Å². The van der Waals surface area contributed by atoms with Gasteiger partial charge in [0.05, 0.1) is 12.2 Å². The predicted molar refractivity (Wildman–Crippen MR) is 90.1 cm³/mol. The summed E-state index contributed by atoms with van der Waals surface area (Å²) < 4.78 is 2.12. The van der Waals surface area contributed by atoms with Gasteiger partial charge in [-0.3, -0.25) is 20.4 Å². The average molecular weight is 327 g/mol. The monoisotopic (exact) mass is 327 g/mol. The van der Waals surface area contributed by atoms with Crippen LogP contribution in [0.5, 0.6) is 0 Å². The molecule has 0 saturated carbocycles. The van der Waals surface area contributed by atoms with E-state index in [1.807, 2.05) is 25.4 Å². The lowest BCUT2D eigenvalue weighted by molar-refractivity contribution is -0.911. The average Bonchev–Trinajstić information content (AvgIpc) is 3.22. The predicted octanol–water partition coefficient (Wildman–Crippen LogP) is 0.206. The van der Waals surface area contributed by atoms with Crippen LogP contribution < -0.4 is 15.8 Å². The number of benzene rings is 1. The summed E-state index contributed by atoms with van der Waals surface area (Å²) in [7, 11) is 2.03. The fourth-order valence-electron chi connectivity index (χ4n) is 3.36. The normalized spacial score (nSPS) is 19.9. The molecule has 0 spiro atoms. The van der Waals surface area contributed by atoms with Gasteiger partial charge in [-0.05, 0) is 24.3 Å². The van der Waals surface area contributed by atoms with Gasteiger partial charge in [0.2, 0.25) is 0 Å². The Labute approximate surface area is 141 Å². The van der Waals surface area contributed by atoms with E-state index in [9.17, 15) is 9.59 Å². The van der Waals surface area contributed by atoms with Crippen molar-refractivity contribution in [1.29, 1.82) is 0 Å². The van der Waals surface area contributed by atoms with Crippen molar-refractivity contribution < 1.29 is 14.5 Å². The second-order valence-electron chi connectivity index (χ2n) is 6.19. The van der Waals surface area contributed by atoms with Gasteiger partial charge in [-0.15, -0.1) is 0 Å². The first-order valence-electron chi connectivity index (χ1n) is 8.25. The van der Waals surface area contributed by atoms with E-state index in [-0.39, 0.29) is 11.8 Å². The molecule has 126 valence electrons. The summed E-state index contributed by atoms with van der Waals surface area (Å²) in [5.41, 5.74) is 6.77. The molecule has 1 aliphatic rings. The molecule has 0 radical (unpaired) electrons. The number of aromatic nitrogens is 1. The van der Waals surface area contributed by atoms with Gasteiger partial charge < -0.3 is 9.47 Å². The van der Waals surface area contributed by atoms with Gasteiger partial charge in [-0.2, -0.15) is 0 Å². The molecule has 2 atom stereocenters. The third-order valence-electron chi connectivity index (χ3n) is 4.56. The standard InChI is InChI=1S/C18H22N4O2/c1-21-11-5-9-15(21)16-10-6-12-22(16)13-17(23)19-20-18(24)14-7-3-2-4-8-14/h2-5,7-9,11,16H,6,10,12-13H2,1H3,(H,19,23)(H,20,24)/p+1/t16-/m0/s1. The summed E-state index contributed by atoms with van der Waals surface area (Å²) in [6.45, 7) is 1.32. The summed E-state index contributed by atoms with van der Waals surface area (Å²) >= 11 is 0. The number of aryl methyl sites for hydroxylation is 1. The number of hydrogen-bond acceptors (Lipinski definition) is 2. The maximum Gasteiger partial charge on any atom is 0.293 e. The van der Waals surface area contributed by atoms with Crippen molar-refractivity contribution >= 4 is 11.8 Å². The molecule has 2 amide bonds. The van der Waals surface area contributed by atoms with Gasteiger partial charge in [0.25, 0.3) is 11.8 Å². The van der Waals surface area contributed by atoms with E-state index in [1.54, 1.807) is 24.3 Å². The van der Waals surface area contributed by atoms with Crippen molar-refractivity contribution in [2.24, 2.45) is 7.05 Å². The van der Waals surface area contributed by atoms with Crippen LogP contribution in [0.1, 0.15) is 34.9 Å². The van der Waals surface area contributed by atoms with E-state index in [0.29, 0.717) is 18.2 Å². The van der Waals surface area contributed by atoms with E-state index in [2.05, 4.69) is 21.5 Å². The maximum atomic E-state index is 12.2. The Hall–Kier alpha value is -2.60. The summed E-state index contributed by atoms with van der Waals surface area (Å²) in [5, 5.41) is 0. The van der Waals surface area contributed by atoms with Crippen molar-refractivity contribution in [2.75, 3.05) is 13.1 Å². The Balaban J connectivity index is 1.53. The molecule has 1 aliphatic heterocycles. The first-order valence-corrected chi connectivity index (χ1v) is 8.25. The van der Waals surface area contributed by atoms with Gasteiger partial charge in [0.15, 0.2) is 6.54 Å². The van der Waals surface area contributed by atoms with Crippen LogP contribution in [0.3, 0.4) is 0 Å². The number of rotatable bonds is 4. The Morgan fingerprint density at radius 3 is 2.67 bits per heavy atom. The van der Waals surface area contributed by atoms with E-state index < -0.39 is 0 Å². The fourth-order valence-corrected chi connectivity index (χ4v) is 3.36. The van der Waals surface area contributed by atoms with E-state index in [1.165, 1.54) is 10.6 Å². The molecule has 6 nitrogen and oxygen atoms in total. The summed E-state index contributed by atoms with van der Waals surface area (Å²) in [6.07, 6.45) is 4.22. The number of hydrazine groups is 1. The lowest BCUT2D eigenvalue weighted by Gasteiger charge is -2.21. The minimum atomic E-state index is -0.306. The third-order valence-corrected chi connectivity index (χ3v) is 4.56. The SMILES string of the molecule is Cn1cccc1[C@@H]1CCC[NH+]1CC(=O)NNC(=O)c1ccccc1. The summed E-state index contributed by atoms with van der Waals surface area (Å²) in [5.74, 6) is -0.477. The number of carbonyl (C=O) groups excluding carboxylic acids is 2. The van der Waals surface area contributed by atoms with Crippen molar-refractivity contribution in [3.05, 3.63) is 59.9 Å². The number of nitrogens with zero attached hydrogens (tertiary/aromatic N) is 1. The van der Waals surface area contributed by atoms with Gasteiger partial charge >= 0.3 is 0 Å². The zero-order valence-corrected chi connectivity index (χ0v) is 13.8. The second kappa shape index (κ2) is 7.31. The van der Waals surface area contributed by atoms with Crippen LogP contribution in [0.4, 0.5) is 0 Å². The van der Waals surface area contributed by atoms with Crippen LogP contribution in [0.25, 0.3) is 0 Å². The fraction of sp³-hybridized carbons (Fsp3) is 0.333. The molecule has 3 N–H and O–H groups in total.